The van der Waals surface area contributed by atoms with E-state index in [0.29, 0.717) is 12.3 Å². The predicted molar refractivity (Wildman–Crippen MR) is 83.2 cm³/mol. The first-order valence-corrected chi connectivity index (χ1v) is 7.41. The molecule has 0 bridgehead atoms. The van der Waals surface area contributed by atoms with E-state index in [1.54, 1.807) is 0 Å². The first kappa shape index (κ1) is 14.1. The molecule has 0 aliphatic carbocycles. The SMILES string of the molecule is Cc1cccc(CN2CCc3ccccc3C2CO)c1O. The fourth-order valence-corrected chi connectivity index (χ4v) is 3.17. The Morgan fingerprint density at radius 3 is 2.76 bits per heavy atom. The van der Waals surface area contributed by atoms with Crippen LogP contribution < -0.4 is 0 Å². The van der Waals surface area contributed by atoms with Crippen LogP contribution in [0.2, 0.25) is 0 Å². The lowest BCUT2D eigenvalue weighted by Gasteiger charge is -2.36. The van der Waals surface area contributed by atoms with Crippen molar-refractivity contribution >= 4 is 0 Å². The van der Waals surface area contributed by atoms with Crippen molar-refractivity contribution in [2.75, 3.05) is 13.2 Å². The molecule has 3 nitrogen and oxygen atoms in total. The number of rotatable bonds is 3. The summed E-state index contributed by atoms with van der Waals surface area (Å²) in [6, 6.07) is 14.2. The number of phenols is 1. The molecule has 2 aromatic carbocycles. The molecule has 0 fully saturated rings. The number of para-hydroxylation sites is 1. The van der Waals surface area contributed by atoms with E-state index in [-0.39, 0.29) is 12.6 Å². The number of hydrogen-bond acceptors (Lipinski definition) is 3. The first-order valence-electron chi connectivity index (χ1n) is 7.41. The maximum absolute atomic E-state index is 10.2. The first-order chi connectivity index (χ1) is 10.2. The lowest BCUT2D eigenvalue weighted by molar-refractivity contribution is 0.107. The molecule has 1 unspecified atom stereocenters. The van der Waals surface area contributed by atoms with E-state index in [1.165, 1.54) is 11.1 Å². The molecule has 2 N–H and O–H groups in total. The standard InChI is InChI=1S/C18H21NO2/c1-13-5-4-7-15(18(13)21)11-19-10-9-14-6-2-3-8-16(14)17(19)12-20/h2-8,17,20-21H,9-12H2,1H3. The summed E-state index contributed by atoms with van der Waals surface area (Å²) in [6.45, 7) is 3.57. The van der Waals surface area contributed by atoms with Crippen LogP contribution in [0.5, 0.6) is 5.75 Å². The Hall–Kier alpha value is -1.84. The minimum Gasteiger partial charge on any atom is -0.507 e. The molecule has 0 amide bonds. The summed E-state index contributed by atoms with van der Waals surface area (Å²) in [5.74, 6) is 0.369. The fourth-order valence-electron chi connectivity index (χ4n) is 3.17. The second kappa shape index (κ2) is 5.88. The predicted octanol–water partition coefficient (Wildman–Crippen LogP) is 2.79. The molecular formula is C18H21NO2. The minimum atomic E-state index is 0.00913. The van der Waals surface area contributed by atoms with Crippen LogP contribution in [0, 0.1) is 6.92 Å². The van der Waals surface area contributed by atoms with Gasteiger partial charge in [-0.05, 0) is 30.0 Å². The number of fused-ring (bicyclic) bond motifs is 1. The minimum absolute atomic E-state index is 0.00913. The summed E-state index contributed by atoms with van der Waals surface area (Å²) >= 11 is 0. The molecule has 0 aromatic heterocycles. The van der Waals surface area contributed by atoms with Crippen molar-refractivity contribution in [1.29, 1.82) is 0 Å². The monoisotopic (exact) mass is 283 g/mol. The molecule has 1 aliphatic rings. The van der Waals surface area contributed by atoms with Crippen molar-refractivity contribution in [3.8, 4) is 5.75 Å². The van der Waals surface area contributed by atoms with E-state index in [4.69, 9.17) is 0 Å². The summed E-state index contributed by atoms with van der Waals surface area (Å²) in [6.07, 6.45) is 0.985. The van der Waals surface area contributed by atoms with Crippen LogP contribution in [0.3, 0.4) is 0 Å². The highest BCUT2D eigenvalue weighted by atomic mass is 16.3. The molecule has 1 heterocycles. The van der Waals surface area contributed by atoms with Gasteiger partial charge in [0, 0.05) is 18.7 Å². The van der Waals surface area contributed by atoms with Gasteiger partial charge >= 0.3 is 0 Å². The van der Waals surface area contributed by atoms with Crippen molar-refractivity contribution < 1.29 is 10.2 Å². The number of aryl methyl sites for hydroxylation is 1. The molecule has 0 radical (unpaired) electrons. The number of aliphatic hydroxyl groups is 1. The van der Waals surface area contributed by atoms with Gasteiger partial charge in [-0.15, -0.1) is 0 Å². The number of aliphatic hydroxyl groups excluding tert-OH is 1. The topological polar surface area (TPSA) is 43.7 Å². The van der Waals surface area contributed by atoms with Gasteiger partial charge in [-0.2, -0.15) is 0 Å². The van der Waals surface area contributed by atoms with Gasteiger partial charge in [-0.3, -0.25) is 4.90 Å². The van der Waals surface area contributed by atoms with E-state index in [0.717, 1.165) is 24.1 Å². The number of nitrogens with zero attached hydrogens (tertiary/aromatic N) is 1. The van der Waals surface area contributed by atoms with Gasteiger partial charge in [0.2, 0.25) is 0 Å². The lowest BCUT2D eigenvalue weighted by Crippen LogP contribution is -2.36. The Bertz CT molecular complexity index is 639. The Kier molecular flexibility index (Phi) is 3.95. The lowest BCUT2D eigenvalue weighted by atomic mass is 9.92. The zero-order valence-corrected chi connectivity index (χ0v) is 12.3. The van der Waals surface area contributed by atoms with Crippen LogP contribution in [0.25, 0.3) is 0 Å². The summed E-state index contributed by atoms with van der Waals surface area (Å²) in [5, 5.41) is 20.0. The molecule has 1 aliphatic heterocycles. The van der Waals surface area contributed by atoms with Crippen molar-refractivity contribution in [2.24, 2.45) is 0 Å². The van der Waals surface area contributed by atoms with Crippen molar-refractivity contribution in [1.82, 2.24) is 4.90 Å². The second-order valence-corrected chi connectivity index (χ2v) is 5.70. The Morgan fingerprint density at radius 2 is 1.95 bits per heavy atom. The van der Waals surface area contributed by atoms with Crippen molar-refractivity contribution in [3.05, 3.63) is 64.7 Å². The quantitative estimate of drug-likeness (QED) is 0.910. The summed E-state index contributed by atoms with van der Waals surface area (Å²) in [4.78, 5) is 2.25. The molecule has 1 atom stereocenters. The summed E-state index contributed by atoms with van der Waals surface area (Å²) in [5.41, 5.74) is 4.35. The van der Waals surface area contributed by atoms with Gasteiger partial charge in [-0.1, -0.05) is 42.5 Å². The van der Waals surface area contributed by atoms with Crippen LogP contribution in [0.4, 0.5) is 0 Å². The zero-order valence-electron chi connectivity index (χ0n) is 12.3. The Morgan fingerprint density at radius 1 is 1.14 bits per heavy atom. The molecule has 2 aromatic rings. The number of phenolic OH excluding ortho intramolecular Hbond substituents is 1. The maximum atomic E-state index is 10.2. The van der Waals surface area contributed by atoms with E-state index in [2.05, 4.69) is 23.1 Å². The van der Waals surface area contributed by atoms with Crippen LogP contribution in [0.1, 0.15) is 28.3 Å². The molecule has 21 heavy (non-hydrogen) atoms. The van der Waals surface area contributed by atoms with Gasteiger partial charge in [0.25, 0.3) is 0 Å². The summed E-state index contributed by atoms with van der Waals surface area (Å²) < 4.78 is 0. The Labute approximate surface area is 125 Å². The highest BCUT2D eigenvalue weighted by molar-refractivity contribution is 5.40. The van der Waals surface area contributed by atoms with Crippen LogP contribution in [-0.2, 0) is 13.0 Å². The third-order valence-corrected chi connectivity index (χ3v) is 4.39. The van der Waals surface area contributed by atoms with Gasteiger partial charge in [0.15, 0.2) is 0 Å². The third-order valence-electron chi connectivity index (χ3n) is 4.39. The maximum Gasteiger partial charge on any atom is 0.122 e. The molecule has 110 valence electrons. The molecule has 0 spiro atoms. The Balaban J connectivity index is 1.88. The van der Waals surface area contributed by atoms with E-state index >= 15 is 0 Å². The smallest absolute Gasteiger partial charge is 0.122 e. The van der Waals surface area contributed by atoms with E-state index < -0.39 is 0 Å². The number of benzene rings is 2. The van der Waals surface area contributed by atoms with Gasteiger partial charge in [0.1, 0.15) is 5.75 Å². The highest BCUT2D eigenvalue weighted by Crippen LogP contribution is 2.32. The third kappa shape index (κ3) is 2.67. The molecule has 0 saturated heterocycles. The van der Waals surface area contributed by atoms with Gasteiger partial charge < -0.3 is 10.2 Å². The average Bonchev–Trinajstić information content (AvgIpc) is 2.51. The van der Waals surface area contributed by atoms with Crippen LogP contribution >= 0.6 is 0 Å². The van der Waals surface area contributed by atoms with E-state index in [1.807, 2.05) is 31.2 Å². The van der Waals surface area contributed by atoms with Gasteiger partial charge in [-0.25, -0.2) is 0 Å². The largest absolute Gasteiger partial charge is 0.507 e. The second-order valence-electron chi connectivity index (χ2n) is 5.70. The van der Waals surface area contributed by atoms with Crippen molar-refractivity contribution in [2.45, 2.75) is 25.9 Å². The number of hydrogen-bond donors (Lipinski definition) is 2. The zero-order chi connectivity index (χ0) is 14.8. The molecule has 3 heteroatoms. The van der Waals surface area contributed by atoms with E-state index in [9.17, 15) is 10.2 Å². The molecule has 0 saturated carbocycles. The molecular weight excluding hydrogens is 262 g/mol. The highest BCUT2D eigenvalue weighted by Gasteiger charge is 2.27. The summed E-state index contributed by atoms with van der Waals surface area (Å²) in [7, 11) is 0. The normalized spacial score (nSPS) is 18.5. The average molecular weight is 283 g/mol. The van der Waals surface area contributed by atoms with Crippen LogP contribution in [0.15, 0.2) is 42.5 Å². The molecule has 3 rings (SSSR count). The fraction of sp³-hybridized carbons (Fsp3) is 0.333. The van der Waals surface area contributed by atoms with Crippen LogP contribution in [-0.4, -0.2) is 28.3 Å². The number of aromatic hydroxyl groups is 1. The van der Waals surface area contributed by atoms with Gasteiger partial charge in [0.05, 0.1) is 12.6 Å². The van der Waals surface area contributed by atoms with Crippen molar-refractivity contribution in [3.63, 3.8) is 0 Å².